The summed E-state index contributed by atoms with van der Waals surface area (Å²) in [5.41, 5.74) is -1.08. The molecular formula is C7H3BrF4S. The van der Waals surface area contributed by atoms with Gasteiger partial charge in [0, 0.05) is 9.37 Å². The van der Waals surface area contributed by atoms with Crippen LogP contribution in [-0.4, -0.2) is 0 Å². The van der Waals surface area contributed by atoms with Crippen molar-refractivity contribution in [1.82, 2.24) is 0 Å². The number of benzene rings is 1. The Morgan fingerprint density at radius 2 is 1.77 bits per heavy atom. The molecule has 13 heavy (non-hydrogen) atoms. The molecule has 72 valence electrons. The predicted octanol–water partition coefficient (Wildman–Crippen LogP) is 3.90. The summed E-state index contributed by atoms with van der Waals surface area (Å²) in [4.78, 5) is -0.311. The fourth-order valence-corrected chi connectivity index (χ4v) is 1.47. The Kier molecular flexibility index (Phi) is 2.91. The van der Waals surface area contributed by atoms with Gasteiger partial charge in [-0.15, -0.1) is 12.6 Å². The van der Waals surface area contributed by atoms with Crippen molar-refractivity contribution in [3.05, 3.63) is 28.0 Å². The zero-order valence-electron chi connectivity index (χ0n) is 5.99. The van der Waals surface area contributed by atoms with Crippen molar-refractivity contribution in [2.24, 2.45) is 0 Å². The Hall–Kier alpha value is -0.230. The normalized spacial score (nSPS) is 11.8. The van der Waals surface area contributed by atoms with Crippen LogP contribution in [0.25, 0.3) is 0 Å². The van der Waals surface area contributed by atoms with Crippen LogP contribution < -0.4 is 0 Å². The zero-order chi connectivity index (χ0) is 10.2. The largest absolute Gasteiger partial charge is 0.417 e. The Morgan fingerprint density at radius 3 is 2.23 bits per heavy atom. The zero-order valence-corrected chi connectivity index (χ0v) is 8.47. The van der Waals surface area contributed by atoms with Gasteiger partial charge in [-0.3, -0.25) is 0 Å². The standard InChI is InChI=1S/C7H3BrF4S/c8-5-2-3(9)1-4(6(5)13)7(10,11)12/h1-2,13H. The number of alkyl halides is 3. The van der Waals surface area contributed by atoms with Crippen LogP contribution in [0.4, 0.5) is 17.6 Å². The average molecular weight is 275 g/mol. The maximum absolute atomic E-state index is 12.6. The van der Waals surface area contributed by atoms with E-state index in [1.54, 1.807) is 0 Å². The molecule has 0 radical (unpaired) electrons. The molecule has 0 spiro atoms. The maximum atomic E-state index is 12.6. The second kappa shape index (κ2) is 3.49. The van der Waals surface area contributed by atoms with Crippen molar-refractivity contribution in [3.8, 4) is 0 Å². The van der Waals surface area contributed by atoms with Gasteiger partial charge in [0.2, 0.25) is 0 Å². The summed E-state index contributed by atoms with van der Waals surface area (Å²) in [5.74, 6) is -0.947. The highest BCUT2D eigenvalue weighted by molar-refractivity contribution is 9.10. The average Bonchev–Trinajstić information content (AvgIpc) is 1.94. The third kappa shape index (κ3) is 2.37. The van der Waals surface area contributed by atoms with E-state index >= 15 is 0 Å². The first kappa shape index (κ1) is 10.8. The molecule has 0 N–H and O–H groups in total. The first-order chi connectivity index (χ1) is 5.82. The number of halogens is 5. The number of thiol groups is 1. The molecular weight excluding hydrogens is 272 g/mol. The third-order valence-electron chi connectivity index (χ3n) is 1.33. The van der Waals surface area contributed by atoms with Gasteiger partial charge in [0.15, 0.2) is 0 Å². The molecule has 1 aromatic carbocycles. The van der Waals surface area contributed by atoms with E-state index in [0.717, 1.165) is 6.07 Å². The van der Waals surface area contributed by atoms with E-state index < -0.39 is 17.6 Å². The summed E-state index contributed by atoms with van der Waals surface area (Å²) in [6.07, 6.45) is -4.58. The van der Waals surface area contributed by atoms with Gasteiger partial charge < -0.3 is 0 Å². The number of hydrogen-bond acceptors (Lipinski definition) is 1. The van der Waals surface area contributed by atoms with Gasteiger partial charge in [0.1, 0.15) is 5.82 Å². The van der Waals surface area contributed by atoms with E-state index in [9.17, 15) is 17.6 Å². The fourth-order valence-electron chi connectivity index (χ4n) is 0.782. The smallest absolute Gasteiger partial charge is 0.207 e. The predicted molar refractivity (Wildman–Crippen MR) is 46.4 cm³/mol. The SMILES string of the molecule is Fc1cc(Br)c(S)c(C(F)(F)F)c1. The van der Waals surface area contributed by atoms with Gasteiger partial charge in [-0.05, 0) is 28.1 Å². The van der Waals surface area contributed by atoms with Crippen LogP contribution in [0.2, 0.25) is 0 Å². The minimum atomic E-state index is -4.58. The molecule has 1 aromatic rings. The Labute approximate surface area is 85.5 Å². The van der Waals surface area contributed by atoms with Crippen molar-refractivity contribution in [2.75, 3.05) is 0 Å². The second-order valence-electron chi connectivity index (χ2n) is 2.28. The van der Waals surface area contributed by atoms with Gasteiger partial charge in [0.05, 0.1) is 5.56 Å². The molecule has 0 aliphatic heterocycles. The summed E-state index contributed by atoms with van der Waals surface area (Å²) in [6.45, 7) is 0. The van der Waals surface area contributed by atoms with Crippen molar-refractivity contribution in [1.29, 1.82) is 0 Å². The summed E-state index contributed by atoms with van der Waals surface area (Å²) >= 11 is 6.39. The lowest BCUT2D eigenvalue weighted by Gasteiger charge is -2.10. The quantitative estimate of drug-likeness (QED) is 0.539. The van der Waals surface area contributed by atoms with E-state index in [1.165, 1.54) is 0 Å². The highest BCUT2D eigenvalue weighted by atomic mass is 79.9. The highest BCUT2D eigenvalue weighted by Gasteiger charge is 2.34. The minimum absolute atomic E-state index is 0.0110. The molecule has 0 bridgehead atoms. The second-order valence-corrected chi connectivity index (χ2v) is 3.58. The van der Waals surface area contributed by atoms with E-state index in [-0.39, 0.29) is 9.37 Å². The number of hydrogen-bond donors (Lipinski definition) is 1. The first-order valence-corrected chi connectivity index (χ1v) is 4.31. The van der Waals surface area contributed by atoms with Gasteiger partial charge >= 0.3 is 6.18 Å². The van der Waals surface area contributed by atoms with Crippen LogP contribution >= 0.6 is 28.6 Å². The van der Waals surface area contributed by atoms with Crippen molar-refractivity contribution >= 4 is 28.6 Å². The topological polar surface area (TPSA) is 0 Å². The summed E-state index contributed by atoms with van der Waals surface area (Å²) < 4.78 is 49.1. The molecule has 0 nitrogen and oxygen atoms in total. The number of rotatable bonds is 0. The molecule has 6 heteroatoms. The maximum Gasteiger partial charge on any atom is 0.417 e. The van der Waals surface area contributed by atoms with Crippen LogP contribution in [0.15, 0.2) is 21.5 Å². The van der Waals surface area contributed by atoms with Crippen LogP contribution in [0, 0.1) is 5.82 Å². The lowest BCUT2D eigenvalue weighted by Crippen LogP contribution is -2.07. The summed E-state index contributed by atoms with van der Waals surface area (Å²) in [7, 11) is 0. The van der Waals surface area contributed by atoms with Gasteiger partial charge in [-0.25, -0.2) is 4.39 Å². The molecule has 0 aliphatic carbocycles. The van der Waals surface area contributed by atoms with Gasteiger partial charge in [-0.2, -0.15) is 13.2 Å². The van der Waals surface area contributed by atoms with Crippen molar-refractivity contribution < 1.29 is 17.6 Å². The fraction of sp³-hybridized carbons (Fsp3) is 0.143. The van der Waals surface area contributed by atoms with E-state index in [0.29, 0.717) is 6.07 Å². The minimum Gasteiger partial charge on any atom is -0.207 e. The van der Waals surface area contributed by atoms with Crippen LogP contribution in [-0.2, 0) is 6.18 Å². The van der Waals surface area contributed by atoms with Gasteiger partial charge in [0.25, 0.3) is 0 Å². The van der Waals surface area contributed by atoms with Crippen molar-refractivity contribution in [2.45, 2.75) is 11.1 Å². The van der Waals surface area contributed by atoms with Crippen LogP contribution in [0.5, 0.6) is 0 Å². The summed E-state index contributed by atoms with van der Waals surface area (Å²) in [6, 6.07) is 1.34. The molecule has 1 rings (SSSR count). The van der Waals surface area contributed by atoms with Crippen LogP contribution in [0.3, 0.4) is 0 Å². The van der Waals surface area contributed by atoms with Gasteiger partial charge in [-0.1, -0.05) is 0 Å². The Morgan fingerprint density at radius 1 is 1.23 bits per heavy atom. The third-order valence-corrected chi connectivity index (χ3v) is 2.75. The van der Waals surface area contributed by atoms with Crippen LogP contribution in [0.1, 0.15) is 5.56 Å². The summed E-state index contributed by atoms with van der Waals surface area (Å²) in [5, 5.41) is 0. The molecule has 0 fully saturated rings. The lowest BCUT2D eigenvalue weighted by molar-refractivity contribution is -0.140. The first-order valence-electron chi connectivity index (χ1n) is 3.07. The van der Waals surface area contributed by atoms with E-state index in [4.69, 9.17) is 0 Å². The Bertz CT molecular complexity index is 334. The van der Waals surface area contributed by atoms with Crippen molar-refractivity contribution in [3.63, 3.8) is 0 Å². The molecule has 0 aliphatic rings. The Balaban J connectivity index is 3.37. The molecule has 0 amide bonds. The van der Waals surface area contributed by atoms with E-state index in [2.05, 4.69) is 28.6 Å². The molecule has 0 aromatic heterocycles. The molecule has 0 heterocycles. The molecule has 0 atom stereocenters. The van der Waals surface area contributed by atoms with E-state index in [1.807, 2.05) is 0 Å². The monoisotopic (exact) mass is 274 g/mol. The highest BCUT2D eigenvalue weighted by Crippen LogP contribution is 2.37. The molecule has 0 saturated heterocycles. The molecule has 0 unspecified atom stereocenters. The molecule has 0 saturated carbocycles. The lowest BCUT2D eigenvalue weighted by atomic mass is 10.2.